The largest absolute Gasteiger partial charge is 0.380 e. The van der Waals surface area contributed by atoms with E-state index in [-0.39, 0.29) is 17.8 Å². The number of nitro benzene ring substituents is 1. The fourth-order valence-electron chi connectivity index (χ4n) is 2.10. The summed E-state index contributed by atoms with van der Waals surface area (Å²) in [6, 6.07) is 5.13. The van der Waals surface area contributed by atoms with Crippen molar-refractivity contribution in [1.82, 2.24) is 0 Å². The van der Waals surface area contributed by atoms with Crippen LogP contribution < -0.4 is 11.1 Å². The van der Waals surface area contributed by atoms with Crippen LogP contribution >= 0.6 is 15.9 Å². The Morgan fingerprint density at radius 3 is 2.76 bits per heavy atom. The molecule has 17 heavy (non-hydrogen) atoms. The first kappa shape index (κ1) is 12.3. The lowest BCUT2D eigenvalue weighted by Gasteiger charge is -2.19. The SMILES string of the molecule is NC1CCCC1Nc1ccc([N+](=O)[O-])cc1Br. The van der Waals surface area contributed by atoms with Crippen molar-refractivity contribution < 1.29 is 4.92 Å². The Morgan fingerprint density at radius 1 is 1.47 bits per heavy atom. The Hall–Kier alpha value is -1.14. The van der Waals surface area contributed by atoms with Gasteiger partial charge in [0.15, 0.2) is 0 Å². The van der Waals surface area contributed by atoms with E-state index in [0.29, 0.717) is 4.47 Å². The molecule has 1 fully saturated rings. The van der Waals surface area contributed by atoms with Gasteiger partial charge in [0.1, 0.15) is 0 Å². The minimum atomic E-state index is -0.407. The summed E-state index contributed by atoms with van der Waals surface area (Å²) >= 11 is 3.33. The molecule has 1 saturated carbocycles. The van der Waals surface area contributed by atoms with Gasteiger partial charge in [-0.25, -0.2) is 0 Å². The summed E-state index contributed by atoms with van der Waals surface area (Å²) in [6.07, 6.45) is 3.20. The van der Waals surface area contributed by atoms with Crippen LogP contribution in [0.3, 0.4) is 0 Å². The molecule has 0 heterocycles. The number of non-ortho nitro benzene ring substituents is 1. The molecule has 2 rings (SSSR count). The smallest absolute Gasteiger partial charge is 0.270 e. The van der Waals surface area contributed by atoms with Gasteiger partial charge in [-0.3, -0.25) is 10.1 Å². The van der Waals surface area contributed by atoms with Gasteiger partial charge in [-0.05, 0) is 41.3 Å². The number of hydrogen-bond donors (Lipinski definition) is 2. The first-order chi connectivity index (χ1) is 8.08. The number of nitrogens with two attached hydrogens (primary N) is 1. The fourth-order valence-corrected chi connectivity index (χ4v) is 2.58. The maximum absolute atomic E-state index is 10.6. The molecule has 0 radical (unpaired) electrons. The average Bonchev–Trinajstić information content (AvgIpc) is 2.67. The molecule has 0 bridgehead atoms. The summed E-state index contributed by atoms with van der Waals surface area (Å²) < 4.78 is 0.700. The van der Waals surface area contributed by atoms with E-state index in [0.717, 1.165) is 24.9 Å². The average molecular weight is 300 g/mol. The normalized spacial score (nSPS) is 23.6. The van der Waals surface area contributed by atoms with E-state index in [4.69, 9.17) is 5.73 Å². The second kappa shape index (κ2) is 5.01. The Bertz CT molecular complexity index is 439. The number of rotatable bonds is 3. The van der Waals surface area contributed by atoms with Gasteiger partial charge in [0.25, 0.3) is 5.69 Å². The van der Waals surface area contributed by atoms with Gasteiger partial charge in [-0.15, -0.1) is 0 Å². The number of halogens is 1. The molecule has 0 aromatic heterocycles. The highest BCUT2D eigenvalue weighted by Gasteiger charge is 2.24. The van der Waals surface area contributed by atoms with Crippen molar-refractivity contribution in [2.75, 3.05) is 5.32 Å². The summed E-state index contributed by atoms with van der Waals surface area (Å²) in [5.41, 5.74) is 6.91. The molecule has 6 heteroatoms. The van der Waals surface area contributed by atoms with Gasteiger partial charge in [-0.1, -0.05) is 0 Å². The summed E-state index contributed by atoms with van der Waals surface area (Å²) in [5, 5.41) is 13.9. The summed E-state index contributed by atoms with van der Waals surface area (Å²) in [7, 11) is 0. The van der Waals surface area contributed by atoms with Crippen molar-refractivity contribution in [2.45, 2.75) is 31.3 Å². The van der Waals surface area contributed by atoms with Gasteiger partial charge in [0.2, 0.25) is 0 Å². The van der Waals surface area contributed by atoms with Crippen molar-refractivity contribution in [2.24, 2.45) is 5.73 Å². The molecule has 1 aliphatic rings. The Morgan fingerprint density at radius 2 is 2.24 bits per heavy atom. The fraction of sp³-hybridized carbons (Fsp3) is 0.455. The zero-order valence-corrected chi connectivity index (χ0v) is 10.8. The van der Waals surface area contributed by atoms with Crippen molar-refractivity contribution in [3.05, 3.63) is 32.8 Å². The number of anilines is 1. The summed E-state index contributed by atoms with van der Waals surface area (Å²) in [4.78, 5) is 10.2. The van der Waals surface area contributed by atoms with E-state index in [1.54, 1.807) is 6.07 Å². The number of hydrogen-bond acceptors (Lipinski definition) is 4. The van der Waals surface area contributed by atoms with Crippen molar-refractivity contribution in [3.63, 3.8) is 0 Å². The molecule has 0 aliphatic heterocycles. The Balaban J connectivity index is 2.14. The highest BCUT2D eigenvalue weighted by atomic mass is 79.9. The van der Waals surface area contributed by atoms with Crippen LogP contribution in [0.15, 0.2) is 22.7 Å². The van der Waals surface area contributed by atoms with Crippen LogP contribution in [0.1, 0.15) is 19.3 Å². The predicted octanol–water partition coefficient (Wildman–Crippen LogP) is 2.65. The molecule has 3 N–H and O–H groups in total. The van der Waals surface area contributed by atoms with Crippen LogP contribution in [0.25, 0.3) is 0 Å². The maximum atomic E-state index is 10.6. The molecular weight excluding hydrogens is 286 g/mol. The minimum Gasteiger partial charge on any atom is -0.380 e. The highest BCUT2D eigenvalue weighted by molar-refractivity contribution is 9.10. The van der Waals surface area contributed by atoms with Gasteiger partial charge in [0, 0.05) is 34.4 Å². The molecule has 92 valence electrons. The minimum absolute atomic E-state index is 0.0816. The van der Waals surface area contributed by atoms with Crippen LogP contribution in [-0.2, 0) is 0 Å². The number of nitro groups is 1. The molecule has 0 amide bonds. The Labute approximate surface area is 108 Å². The molecule has 2 unspecified atom stereocenters. The third kappa shape index (κ3) is 2.76. The quantitative estimate of drug-likeness (QED) is 0.664. The topological polar surface area (TPSA) is 81.2 Å². The molecule has 5 nitrogen and oxygen atoms in total. The third-order valence-corrected chi connectivity index (χ3v) is 3.73. The molecular formula is C11H14BrN3O2. The molecule has 1 aromatic rings. The first-order valence-electron chi connectivity index (χ1n) is 5.54. The van der Waals surface area contributed by atoms with Gasteiger partial charge in [0.05, 0.1) is 4.92 Å². The lowest BCUT2D eigenvalue weighted by molar-refractivity contribution is -0.384. The monoisotopic (exact) mass is 299 g/mol. The second-order valence-electron chi connectivity index (χ2n) is 4.27. The van der Waals surface area contributed by atoms with E-state index in [1.165, 1.54) is 12.1 Å². The molecule has 0 saturated heterocycles. The number of nitrogens with zero attached hydrogens (tertiary/aromatic N) is 1. The van der Waals surface area contributed by atoms with Crippen molar-refractivity contribution in [1.29, 1.82) is 0 Å². The summed E-state index contributed by atoms with van der Waals surface area (Å²) in [5.74, 6) is 0. The van der Waals surface area contributed by atoms with E-state index in [1.807, 2.05) is 0 Å². The number of nitrogens with one attached hydrogen (secondary N) is 1. The highest BCUT2D eigenvalue weighted by Crippen LogP contribution is 2.30. The lowest BCUT2D eigenvalue weighted by Crippen LogP contribution is -2.35. The van der Waals surface area contributed by atoms with E-state index < -0.39 is 4.92 Å². The van der Waals surface area contributed by atoms with Gasteiger partial charge in [-0.2, -0.15) is 0 Å². The van der Waals surface area contributed by atoms with E-state index >= 15 is 0 Å². The van der Waals surface area contributed by atoms with Crippen LogP contribution in [0, 0.1) is 10.1 Å². The zero-order valence-electron chi connectivity index (χ0n) is 9.23. The van der Waals surface area contributed by atoms with Crippen LogP contribution in [0.5, 0.6) is 0 Å². The standard InChI is InChI=1S/C11H14BrN3O2/c12-8-6-7(15(16)17)4-5-10(8)14-11-3-1-2-9(11)13/h4-6,9,11,14H,1-3,13H2. The Kier molecular flexibility index (Phi) is 3.63. The zero-order chi connectivity index (χ0) is 12.4. The van der Waals surface area contributed by atoms with Crippen molar-refractivity contribution >= 4 is 27.3 Å². The molecule has 0 spiro atoms. The van der Waals surface area contributed by atoms with Gasteiger partial charge >= 0.3 is 0 Å². The van der Waals surface area contributed by atoms with Crippen LogP contribution in [0.2, 0.25) is 0 Å². The molecule has 1 aromatic carbocycles. The van der Waals surface area contributed by atoms with Crippen LogP contribution in [0.4, 0.5) is 11.4 Å². The predicted molar refractivity (Wildman–Crippen MR) is 70.0 cm³/mol. The second-order valence-corrected chi connectivity index (χ2v) is 5.12. The van der Waals surface area contributed by atoms with Gasteiger partial charge < -0.3 is 11.1 Å². The van der Waals surface area contributed by atoms with E-state index in [2.05, 4.69) is 21.2 Å². The number of benzene rings is 1. The van der Waals surface area contributed by atoms with Crippen molar-refractivity contribution in [3.8, 4) is 0 Å². The maximum Gasteiger partial charge on any atom is 0.270 e. The summed E-state index contributed by atoms with van der Waals surface area (Å²) in [6.45, 7) is 0. The molecule has 1 aliphatic carbocycles. The molecule has 2 atom stereocenters. The van der Waals surface area contributed by atoms with Crippen LogP contribution in [-0.4, -0.2) is 17.0 Å². The van der Waals surface area contributed by atoms with E-state index in [9.17, 15) is 10.1 Å². The lowest BCUT2D eigenvalue weighted by atomic mass is 10.1. The third-order valence-electron chi connectivity index (χ3n) is 3.07. The first-order valence-corrected chi connectivity index (χ1v) is 6.33.